The van der Waals surface area contributed by atoms with Crippen LogP contribution in [0.5, 0.6) is 0 Å². The quantitative estimate of drug-likeness (QED) is 0.890. The Kier molecular flexibility index (Phi) is 3.11. The monoisotopic (exact) mass is 250 g/mol. The first kappa shape index (κ1) is 11.7. The number of nitrogens with zero attached hydrogens (tertiary/aromatic N) is 3. The molecule has 1 aromatic carbocycles. The molecule has 19 heavy (non-hydrogen) atoms. The normalized spacial score (nSPS) is 14.4. The molecule has 0 aliphatic heterocycles. The van der Waals surface area contributed by atoms with Gasteiger partial charge in [0.1, 0.15) is 5.69 Å². The minimum Gasteiger partial charge on any atom is -0.265 e. The first-order valence-corrected chi connectivity index (χ1v) is 6.48. The molecule has 0 saturated heterocycles. The summed E-state index contributed by atoms with van der Waals surface area (Å²) < 4.78 is 0. The molecular formula is C15H14N4. The van der Waals surface area contributed by atoms with Gasteiger partial charge in [-0.2, -0.15) is 5.26 Å². The van der Waals surface area contributed by atoms with Crippen LogP contribution in [0.1, 0.15) is 42.5 Å². The molecule has 1 aliphatic carbocycles. The van der Waals surface area contributed by atoms with Crippen molar-refractivity contribution in [1.29, 1.82) is 5.26 Å². The highest BCUT2D eigenvalue weighted by molar-refractivity contribution is 5.80. The van der Waals surface area contributed by atoms with E-state index < -0.39 is 0 Å². The summed E-state index contributed by atoms with van der Waals surface area (Å²) >= 11 is 0. The molecule has 1 N–H and O–H groups in total. The molecule has 1 saturated carbocycles. The Labute approximate surface area is 111 Å². The molecule has 0 atom stereocenters. The van der Waals surface area contributed by atoms with Gasteiger partial charge in [0.2, 0.25) is 0 Å². The van der Waals surface area contributed by atoms with Crippen LogP contribution in [0.25, 0.3) is 5.57 Å². The fraction of sp³-hybridized carbons (Fsp3) is 0.267. The number of benzene rings is 1. The zero-order chi connectivity index (χ0) is 13.1. The lowest BCUT2D eigenvalue weighted by Crippen LogP contribution is -1.93. The second kappa shape index (κ2) is 5.07. The molecule has 0 amide bonds. The zero-order valence-corrected chi connectivity index (χ0v) is 10.6. The third-order valence-corrected chi connectivity index (χ3v) is 3.54. The van der Waals surface area contributed by atoms with Gasteiger partial charge >= 0.3 is 0 Å². The summed E-state index contributed by atoms with van der Waals surface area (Å²) in [6.07, 6.45) is 6.57. The molecule has 94 valence electrons. The molecule has 0 unspecified atom stereocenters. The van der Waals surface area contributed by atoms with Crippen LogP contribution in [0.4, 0.5) is 0 Å². The van der Waals surface area contributed by atoms with Crippen LogP contribution in [0, 0.1) is 11.3 Å². The summed E-state index contributed by atoms with van der Waals surface area (Å²) in [5.41, 5.74) is 5.31. The van der Waals surface area contributed by atoms with Gasteiger partial charge in [-0.15, -0.1) is 5.10 Å². The van der Waals surface area contributed by atoms with Crippen molar-refractivity contribution in [3.63, 3.8) is 0 Å². The van der Waals surface area contributed by atoms with E-state index in [1.165, 1.54) is 24.0 Å². The first-order valence-electron chi connectivity index (χ1n) is 6.48. The van der Waals surface area contributed by atoms with E-state index in [-0.39, 0.29) is 0 Å². The molecule has 1 aliphatic rings. The van der Waals surface area contributed by atoms with Crippen LogP contribution < -0.4 is 0 Å². The molecule has 2 aromatic rings. The van der Waals surface area contributed by atoms with Gasteiger partial charge in [-0.25, -0.2) is 0 Å². The van der Waals surface area contributed by atoms with Crippen LogP contribution in [0.3, 0.4) is 0 Å². The van der Waals surface area contributed by atoms with Crippen molar-refractivity contribution >= 4 is 5.57 Å². The van der Waals surface area contributed by atoms with Gasteiger partial charge in [0.15, 0.2) is 0 Å². The smallest absolute Gasteiger partial charge is 0.113 e. The molecule has 3 rings (SSSR count). The number of nitriles is 1. The Hall–Kier alpha value is -2.41. The second-order valence-electron chi connectivity index (χ2n) is 4.73. The largest absolute Gasteiger partial charge is 0.265 e. The molecule has 4 heteroatoms. The molecule has 0 bridgehead atoms. The van der Waals surface area contributed by atoms with Crippen molar-refractivity contribution in [2.75, 3.05) is 0 Å². The molecular weight excluding hydrogens is 236 g/mol. The Morgan fingerprint density at radius 3 is 2.47 bits per heavy atom. The average molecular weight is 250 g/mol. The average Bonchev–Trinajstić information content (AvgIpc) is 3.13. The molecule has 1 heterocycles. The predicted octanol–water partition coefficient (Wildman–Crippen LogP) is 3.05. The van der Waals surface area contributed by atoms with Crippen LogP contribution >= 0.6 is 0 Å². The summed E-state index contributed by atoms with van der Waals surface area (Å²) in [4.78, 5) is 0. The van der Waals surface area contributed by atoms with Gasteiger partial charge in [-0.1, -0.05) is 22.9 Å². The third-order valence-electron chi connectivity index (χ3n) is 3.54. The van der Waals surface area contributed by atoms with Crippen molar-refractivity contribution in [2.24, 2.45) is 0 Å². The number of aromatic amines is 1. The van der Waals surface area contributed by atoms with Gasteiger partial charge in [0.25, 0.3) is 0 Å². The Balaban J connectivity index is 2.09. The third kappa shape index (κ3) is 2.27. The lowest BCUT2D eigenvalue weighted by molar-refractivity contribution is 0.886. The second-order valence-corrected chi connectivity index (χ2v) is 4.73. The van der Waals surface area contributed by atoms with E-state index >= 15 is 0 Å². The minimum atomic E-state index is 0.680. The van der Waals surface area contributed by atoms with Crippen molar-refractivity contribution in [3.05, 3.63) is 52.9 Å². The van der Waals surface area contributed by atoms with E-state index in [0.717, 1.165) is 24.1 Å². The Bertz CT molecular complexity index is 622. The van der Waals surface area contributed by atoms with Crippen molar-refractivity contribution in [3.8, 4) is 6.07 Å². The summed E-state index contributed by atoms with van der Waals surface area (Å²) in [5.74, 6) is 0. The minimum absolute atomic E-state index is 0.680. The lowest BCUT2D eigenvalue weighted by Gasteiger charge is -2.09. The SMILES string of the molecule is N#Cc1ccc(C(=C2CCCC2)c2c[nH]nn2)cc1. The molecule has 1 aromatic heterocycles. The maximum Gasteiger partial charge on any atom is 0.113 e. The predicted molar refractivity (Wildman–Crippen MR) is 72.0 cm³/mol. The topological polar surface area (TPSA) is 65.4 Å². The van der Waals surface area contributed by atoms with Crippen LogP contribution in [-0.4, -0.2) is 15.4 Å². The van der Waals surface area contributed by atoms with Crippen molar-refractivity contribution < 1.29 is 0 Å². The van der Waals surface area contributed by atoms with E-state index in [1.807, 2.05) is 30.5 Å². The number of hydrogen-bond donors (Lipinski definition) is 1. The molecule has 4 nitrogen and oxygen atoms in total. The zero-order valence-electron chi connectivity index (χ0n) is 10.6. The number of rotatable bonds is 2. The van der Waals surface area contributed by atoms with E-state index in [0.29, 0.717) is 5.56 Å². The maximum absolute atomic E-state index is 8.87. The molecule has 1 fully saturated rings. The number of allylic oxidation sites excluding steroid dienone is 1. The number of aromatic nitrogens is 3. The van der Waals surface area contributed by atoms with E-state index in [2.05, 4.69) is 21.5 Å². The van der Waals surface area contributed by atoms with Crippen LogP contribution in [-0.2, 0) is 0 Å². The summed E-state index contributed by atoms with van der Waals surface area (Å²) in [6.45, 7) is 0. The number of nitrogens with one attached hydrogen (secondary N) is 1. The van der Waals surface area contributed by atoms with Gasteiger partial charge < -0.3 is 0 Å². The first-order chi connectivity index (χ1) is 9.38. The van der Waals surface area contributed by atoms with Crippen molar-refractivity contribution in [2.45, 2.75) is 25.7 Å². The number of H-pyrrole nitrogens is 1. The van der Waals surface area contributed by atoms with E-state index in [1.54, 1.807) is 0 Å². The van der Waals surface area contributed by atoms with Gasteiger partial charge in [-0.05, 0) is 43.4 Å². The molecule has 0 spiro atoms. The number of hydrogen-bond acceptors (Lipinski definition) is 3. The van der Waals surface area contributed by atoms with Gasteiger partial charge in [0.05, 0.1) is 17.8 Å². The highest BCUT2D eigenvalue weighted by atomic mass is 15.3. The standard InChI is InChI=1S/C15H14N4/c16-9-11-5-7-13(8-6-11)15(12-3-1-2-4-12)14-10-17-19-18-14/h5-8,10H,1-4H2,(H,17,18,19). The summed E-state index contributed by atoms with van der Waals surface area (Å²) in [5, 5.41) is 19.6. The fourth-order valence-corrected chi connectivity index (χ4v) is 2.62. The van der Waals surface area contributed by atoms with E-state index in [9.17, 15) is 0 Å². The van der Waals surface area contributed by atoms with Gasteiger partial charge in [0, 0.05) is 5.57 Å². The Morgan fingerprint density at radius 1 is 1.16 bits per heavy atom. The van der Waals surface area contributed by atoms with Crippen LogP contribution in [0.2, 0.25) is 0 Å². The maximum atomic E-state index is 8.87. The Morgan fingerprint density at radius 2 is 1.89 bits per heavy atom. The van der Waals surface area contributed by atoms with E-state index in [4.69, 9.17) is 5.26 Å². The molecule has 0 radical (unpaired) electrons. The fourth-order valence-electron chi connectivity index (χ4n) is 2.62. The van der Waals surface area contributed by atoms with Crippen molar-refractivity contribution in [1.82, 2.24) is 15.4 Å². The summed E-state index contributed by atoms with van der Waals surface area (Å²) in [6, 6.07) is 9.84. The highest BCUT2D eigenvalue weighted by Crippen LogP contribution is 2.34. The highest BCUT2D eigenvalue weighted by Gasteiger charge is 2.17. The van der Waals surface area contributed by atoms with Gasteiger partial charge in [-0.3, -0.25) is 5.10 Å². The lowest BCUT2D eigenvalue weighted by atomic mass is 9.95. The van der Waals surface area contributed by atoms with Crippen LogP contribution in [0.15, 0.2) is 36.0 Å². The summed E-state index contributed by atoms with van der Waals surface area (Å²) in [7, 11) is 0.